The molecule has 0 spiro atoms. The van der Waals surface area contributed by atoms with E-state index < -0.39 is 12.7 Å². The van der Waals surface area contributed by atoms with E-state index in [9.17, 15) is 13.2 Å². The Bertz CT molecular complexity index is 566. The molecule has 0 saturated heterocycles. The van der Waals surface area contributed by atoms with Gasteiger partial charge in [0.25, 0.3) is 0 Å². The highest BCUT2D eigenvalue weighted by Gasteiger charge is 2.30. The number of alkyl halides is 3. The molecule has 9 heteroatoms. The number of benzene rings is 1. The number of nitrogens with zero attached hydrogens (tertiary/aromatic N) is 4. The zero-order chi connectivity index (χ0) is 13.3. The van der Waals surface area contributed by atoms with Crippen molar-refractivity contribution in [3.8, 4) is 11.4 Å². The van der Waals surface area contributed by atoms with Crippen molar-refractivity contribution in [2.24, 2.45) is 0 Å². The van der Waals surface area contributed by atoms with Gasteiger partial charge in [-0.3, -0.25) is 0 Å². The summed E-state index contributed by atoms with van der Waals surface area (Å²) in [5.74, 6) is -0.0766. The molecule has 1 aromatic heterocycles. The monoisotopic (exact) mass is 277 g/mol. The lowest BCUT2D eigenvalue weighted by atomic mass is 10.1. The van der Waals surface area contributed by atoms with Gasteiger partial charge in [-0.1, -0.05) is 11.6 Å². The van der Waals surface area contributed by atoms with E-state index in [1.807, 2.05) is 0 Å². The summed E-state index contributed by atoms with van der Waals surface area (Å²) in [5.41, 5.74) is 6.17. The van der Waals surface area contributed by atoms with E-state index in [2.05, 4.69) is 15.5 Å². The first kappa shape index (κ1) is 12.6. The number of rotatable bonds is 2. The van der Waals surface area contributed by atoms with E-state index in [0.717, 1.165) is 0 Å². The highest BCUT2D eigenvalue weighted by molar-refractivity contribution is 6.31. The summed E-state index contributed by atoms with van der Waals surface area (Å²) in [4.78, 5) is 0. The van der Waals surface area contributed by atoms with E-state index in [4.69, 9.17) is 17.3 Å². The van der Waals surface area contributed by atoms with Crippen LogP contribution in [-0.2, 0) is 6.54 Å². The van der Waals surface area contributed by atoms with Crippen molar-refractivity contribution in [3.63, 3.8) is 0 Å². The number of aromatic nitrogens is 4. The maximum Gasteiger partial charge on any atom is 0.408 e. The van der Waals surface area contributed by atoms with Crippen LogP contribution in [-0.4, -0.2) is 26.4 Å². The van der Waals surface area contributed by atoms with Crippen LogP contribution in [0.15, 0.2) is 18.2 Å². The van der Waals surface area contributed by atoms with E-state index in [-0.39, 0.29) is 17.1 Å². The summed E-state index contributed by atoms with van der Waals surface area (Å²) in [6, 6.07) is 4.41. The first-order chi connectivity index (χ1) is 8.37. The van der Waals surface area contributed by atoms with Crippen LogP contribution in [0.25, 0.3) is 11.4 Å². The van der Waals surface area contributed by atoms with Crippen LogP contribution in [0.3, 0.4) is 0 Å². The molecule has 1 heterocycles. The van der Waals surface area contributed by atoms with Gasteiger partial charge < -0.3 is 5.73 Å². The fourth-order valence-corrected chi connectivity index (χ4v) is 1.57. The molecule has 0 radical (unpaired) electrons. The van der Waals surface area contributed by atoms with Crippen LogP contribution in [0.2, 0.25) is 5.02 Å². The van der Waals surface area contributed by atoms with E-state index in [1.54, 1.807) is 0 Å². The summed E-state index contributed by atoms with van der Waals surface area (Å²) < 4.78 is 37.6. The predicted molar refractivity (Wildman–Crippen MR) is 58.7 cm³/mol. The lowest BCUT2D eigenvalue weighted by Crippen LogP contribution is -2.19. The molecule has 2 rings (SSSR count). The second-order valence-electron chi connectivity index (χ2n) is 3.51. The summed E-state index contributed by atoms with van der Waals surface area (Å²) in [6.07, 6.45) is -4.42. The van der Waals surface area contributed by atoms with Crippen LogP contribution >= 0.6 is 11.6 Å². The molecule has 0 bridgehead atoms. The van der Waals surface area contributed by atoms with Gasteiger partial charge in [-0.2, -0.15) is 13.2 Å². The maximum absolute atomic E-state index is 12.3. The molecule has 96 valence electrons. The van der Waals surface area contributed by atoms with Crippen LogP contribution in [0.4, 0.5) is 18.9 Å². The molecule has 0 aliphatic carbocycles. The minimum atomic E-state index is -4.42. The quantitative estimate of drug-likeness (QED) is 0.854. The van der Waals surface area contributed by atoms with E-state index in [0.29, 0.717) is 9.70 Å². The Labute approximate surface area is 104 Å². The summed E-state index contributed by atoms with van der Waals surface area (Å²) in [5, 5.41) is 10.4. The second kappa shape index (κ2) is 4.45. The Morgan fingerprint density at radius 3 is 2.72 bits per heavy atom. The van der Waals surface area contributed by atoms with Crippen molar-refractivity contribution in [1.82, 2.24) is 20.2 Å². The van der Waals surface area contributed by atoms with Crippen molar-refractivity contribution >= 4 is 17.3 Å². The standard InChI is InChI=1S/C9H7ClF3N5/c10-5-1-2-7(14)6(3-5)8-15-16-17-18(8)4-9(11,12)13/h1-3H,4,14H2. The van der Waals surface area contributed by atoms with Crippen LogP contribution in [0, 0.1) is 0 Å². The Hall–Kier alpha value is -1.83. The van der Waals surface area contributed by atoms with Crippen LogP contribution < -0.4 is 5.73 Å². The fraction of sp³-hybridized carbons (Fsp3) is 0.222. The molecule has 0 atom stereocenters. The summed E-state index contributed by atoms with van der Waals surface area (Å²) in [6.45, 7) is -1.29. The molecule has 2 N–H and O–H groups in total. The van der Waals surface area contributed by atoms with Gasteiger partial charge in [0.15, 0.2) is 5.82 Å². The lowest BCUT2D eigenvalue weighted by molar-refractivity contribution is -0.142. The second-order valence-corrected chi connectivity index (χ2v) is 3.94. The number of hydrogen-bond acceptors (Lipinski definition) is 4. The Morgan fingerprint density at radius 1 is 1.33 bits per heavy atom. The van der Waals surface area contributed by atoms with Crippen molar-refractivity contribution in [2.75, 3.05) is 5.73 Å². The number of anilines is 1. The van der Waals surface area contributed by atoms with E-state index >= 15 is 0 Å². The maximum atomic E-state index is 12.3. The predicted octanol–water partition coefficient (Wildman–Crippen LogP) is 2.14. The van der Waals surface area contributed by atoms with Gasteiger partial charge in [0.1, 0.15) is 6.54 Å². The Balaban J connectivity index is 2.45. The number of tetrazole rings is 1. The molecule has 0 amide bonds. The first-order valence-electron chi connectivity index (χ1n) is 4.75. The SMILES string of the molecule is Nc1ccc(Cl)cc1-c1nnnn1CC(F)(F)F. The number of hydrogen-bond donors (Lipinski definition) is 1. The van der Waals surface area contributed by atoms with Gasteiger partial charge >= 0.3 is 6.18 Å². The molecule has 0 unspecified atom stereocenters. The zero-order valence-electron chi connectivity index (χ0n) is 8.82. The van der Waals surface area contributed by atoms with Crippen molar-refractivity contribution < 1.29 is 13.2 Å². The minimum Gasteiger partial charge on any atom is -0.398 e. The molecule has 0 aliphatic heterocycles. The third-order valence-electron chi connectivity index (χ3n) is 2.12. The van der Waals surface area contributed by atoms with E-state index in [1.165, 1.54) is 18.2 Å². The third kappa shape index (κ3) is 2.70. The molecule has 18 heavy (non-hydrogen) atoms. The molecule has 0 saturated carbocycles. The smallest absolute Gasteiger partial charge is 0.398 e. The van der Waals surface area contributed by atoms with Crippen molar-refractivity contribution in [3.05, 3.63) is 23.2 Å². The largest absolute Gasteiger partial charge is 0.408 e. The molecule has 2 aromatic rings. The van der Waals surface area contributed by atoms with Gasteiger partial charge in [0, 0.05) is 16.3 Å². The lowest BCUT2D eigenvalue weighted by Gasteiger charge is -2.09. The molecular formula is C9H7ClF3N5. The summed E-state index contributed by atoms with van der Waals surface area (Å²) >= 11 is 5.76. The first-order valence-corrected chi connectivity index (χ1v) is 5.13. The highest BCUT2D eigenvalue weighted by atomic mass is 35.5. The molecule has 1 aromatic carbocycles. The normalized spacial score (nSPS) is 11.8. The van der Waals surface area contributed by atoms with Gasteiger partial charge in [-0.25, -0.2) is 4.68 Å². The molecule has 0 fully saturated rings. The van der Waals surface area contributed by atoms with Crippen molar-refractivity contribution in [2.45, 2.75) is 12.7 Å². The molecule has 5 nitrogen and oxygen atoms in total. The number of nitrogen functional groups attached to an aromatic ring is 1. The Kier molecular flexibility index (Phi) is 3.12. The topological polar surface area (TPSA) is 69.6 Å². The number of nitrogens with two attached hydrogens (primary N) is 1. The van der Waals surface area contributed by atoms with Gasteiger partial charge in [0.05, 0.1) is 0 Å². The van der Waals surface area contributed by atoms with Crippen molar-refractivity contribution in [1.29, 1.82) is 0 Å². The Morgan fingerprint density at radius 2 is 2.06 bits per heavy atom. The van der Waals surface area contributed by atoms with Gasteiger partial charge in [-0.15, -0.1) is 5.10 Å². The highest BCUT2D eigenvalue weighted by Crippen LogP contribution is 2.28. The third-order valence-corrected chi connectivity index (χ3v) is 2.35. The van der Waals surface area contributed by atoms with Gasteiger partial charge in [0.2, 0.25) is 0 Å². The number of halogens is 4. The minimum absolute atomic E-state index is 0.0766. The fourth-order valence-electron chi connectivity index (χ4n) is 1.40. The van der Waals surface area contributed by atoms with Crippen LogP contribution in [0.1, 0.15) is 0 Å². The van der Waals surface area contributed by atoms with Gasteiger partial charge in [-0.05, 0) is 28.6 Å². The zero-order valence-corrected chi connectivity index (χ0v) is 9.57. The molecule has 0 aliphatic rings. The summed E-state index contributed by atoms with van der Waals surface area (Å²) in [7, 11) is 0. The molecular weight excluding hydrogens is 271 g/mol. The average molecular weight is 278 g/mol. The van der Waals surface area contributed by atoms with Crippen LogP contribution in [0.5, 0.6) is 0 Å². The average Bonchev–Trinajstić information content (AvgIpc) is 2.67.